The van der Waals surface area contributed by atoms with Crippen molar-refractivity contribution < 1.29 is 4.57 Å². The lowest BCUT2D eigenvalue weighted by Crippen LogP contribution is -2.41. The Morgan fingerprint density at radius 1 is 0.463 bits per heavy atom. The highest BCUT2D eigenvalue weighted by Crippen LogP contribution is 2.27. The van der Waals surface area contributed by atoms with Crippen LogP contribution < -0.4 is 4.57 Å². The van der Waals surface area contributed by atoms with Crippen molar-refractivity contribution in [1.29, 1.82) is 0 Å². The highest BCUT2D eigenvalue weighted by molar-refractivity contribution is 4.90. The summed E-state index contributed by atoms with van der Waals surface area (Å²) in [5.41, 5.74) is 0. The number of H-pyrrole nitrogens is 1. The third kappa shape index (κ3) is 21.5. The number of imidazole rings is 1. The number of nitrogens with one attached hydrogen (secondary N) is 1. The summed E-state index contributed by atoms with van der Waals surface area (Å²) < 4.78 is 2.63. The summed E-state index contributed by atoms with van der Waals surface area (Å²) in [5, 5.41) is 0. The molecule has 0 bridgehead atoms. The monoisotopic (exact) mass is 574 g/mol. The third-order valence-corrected chi connectivity index (χ3v) is 9.64. The maximum Gasteiger partial charge on any atom is 0.257 e. The molecule has 1 N–H and O–H groups in total. The van der Waals surface area contributed by atoms with E-state index in [9.17, 15) is 0 Å². The van der Waals surface area contributed by atoms with E-state index < -0.39 is 0 Å². The molecule has 1 rings (SSSR count). The Morgan fingerprint density at radius 2 is 0.780 bits per heavy atom. The van der Waals surface area contributed by atoms with Gasteiger partial charge < -0.3 is 0 Å². The summed E-state index contributed by atoms with van der Waals surface area (Å²) in [4.78, 5) is 3.74. The van der Waals surface area contributed by atoms with E-state index in [1.807, 2.05) is 0 Å². The fraction of sp³-hybridized carbons (Fsp3) is 0.923. The standard InChI is InChI=1S/C39H76N2/c1-5-8-11-14-17-19-20-21-23-25-28-31-34-38(33-30-27-24-22-18-15-12-9-6-2)39-40-35-36-41(39)37(4)32-29-26-16-13-10-7-3/h35-38H,5-34H2,1-4H3/p+1. The van der Waals surface area contributed by atoms with Gasteiger partial charge >= 0.3 is 0 Å². The number of unbranched alkanes of at least 4 members (excludes halogenated alkanes) is 24. The maximum absolute atomic E-state index is 3.74. The Labute approximate surface area is 259 Å². The van der Waals surface area contributed by atoms with E-state index in [1.165, 1.54) is 198 Å². The molecule has 1 aromatic rings. The zero-order valence-corrected chi connectivity index (χ0v) is 29.0. The first-order valence-electron chi connectivity index (χ1n) is 19.3. The Morgan fingerprint density at radius 3 is 1.15 bits per heavy atom. The van der Waals surface area contributed by atoms with Gasteiger partial charge in [-0.05, 0) is 32.6 Å². The predicted octanol–water partition coefficient (Wildman–Crippen LogP) is 13.7. The van der Waals surface area contributed by atoms with Gasteiger partial charge in [-0.3, -0.25) is 0 Å². The molecule has 0 aliphatic rings. The predicted molar refractivity (Wildman–Crippen MR) is 184 cm³/mol. The van der Waals surface area contributed by atoms with Crippen LogP contribution in [-0.2, 0) is 0 Å². The molecular formula is C39H77N2+. The van der Waals surface area contributed by atoms with Crippen LogP contribution in [0.3, 0.4) is 0 Å². The Balaban J connectivity index is 2.42. The summed E-state index contributed by atoms with van der Waals surface area (Å²) in [7, 11) is 0. The lowest BCUT2D eigenvalue weighted by molar-refractivity contribution is -0.727. The summed E-state index contributed by atoms with van der Waals surface area (Å²) in [6.45, 7) is 9.40. The number of nitrogens with zero attached hydrogens (tertiary/aromatic N) is 1. The number of rotatable bonds is 32. The van der Waals surface area contributed by atoms with Gasteiger partial charge in [0.1, 0.15) is 12.4 Å². The van der Waals surface area contributed by atoms with Crippen LogP contribution in [0.25, 0.3) is 0 Å². The van der Waals surface area contributed by atoms with Gasteiger partial charge in [-0.2, -0.15) is 0 Å². The van der Waals surface area contributed by atoms with Crippen molar-refractivity contribution in [1.82, 2.24) is 4.98 Å². The minimum Gasteiger partial charge on any atom is -0.247 e. The molecule has 0 saturated carbocycles. The van der Waals surface area contributed by atoms with Crippen LogP contribution in [0.15, 0.2) is 12.4 Å². The van der Waals surface area contributed by atoms with E-state index in [1.54, 1.807) is 0 Å². The summed E-state index contributed by atoms with van der Waals surface area (Å²) >= 11 is 0. The minimum atomic E-state index is 0.620. The lowest BCUT2D eigenvalue weighted by atomic mass is 9.92. The zero-order valence-electron chi connectivity index (χ0n) is 29.0. The average Bonchev–Trinajstić information content (AvgIpc) is 3.47. The molecule has 2 unspecified atom stereocenters. The first kappa shape index (κ1) is 38.2. The van der Waals surface area contributed by atoms with Crippen molar-refractivity contribution in [3.63, 3.8) is 0 Å². The van der Waals surface area contributed by atoms with Crippen molar-refractivity contribution in [2.24, 2.45) is 0 Å². The molecule has 0 fully saturated rings. The fourth-order valence-corrected chi connectivity index (χ4v) is 6.78. The van der Waals surface area contributed by atoms with Gasteiger partial charge in [0.25, 0.3) is 5.82 Å². The van der Waals surface area contributed by atoms with E-state index in [0.717, 1.165) is 0 Å². The molecule has 0 radical (unpaired) electrons. The van der Waals surface area contributed by atoms with Crippen molar-refractivity contribution in [2.75, 3.05) is 0 Å². The molecule has 0 aliphatic carbocycles. The van der Waals surface area contributed by atoms with E-state index in [2.05, 4.69) is 49.6 Å². The summed E-state index contributed by atoms with van der Waals surface area (Å²) in [6.07, 6.45) is 47.2. The van der Waals surface area contributed by atoms with Gasteiger partial charge in [-0.25, -0.2) is 9.55 Å². The van der Waals surface area contributed by atoms with E-state index in [4.69, 9.17) is 0 Å². The highest BCUT2D eigenvalue weighted by atomic mass is 15.1. The van der Waals surface area contributed by atoms with Crippen LogP contribution in [0, 0.1) is 0 Å². The summed E-state index contributed by atoms with van der Waals surface area (Å²) in [5.74, 6) is 2.25. The van der Waals surface area contributed by atoms with Gasteiger partial charge in [-0.15, -0.1) is 0 Å². The number of aromatic amines is 1. The zero-order chi connectivity index (χ0) is 29.6. The molecule has 0 aromatic carbocycles. The topological polar surface area (TPSA) is 19.7 Å². The van der Waals surface area contributed by atoms with E-state index in [-0.39, 0.29) is 0 Å². The van der Waals surface area contributed by atoms with Crippen LogP contribution in [0.1, 0.15) is 238 Å². The second-order valence-corrected chi connectivity index (χ2v) is 13.6. The molecule has 2 heteroatoms. The van der Waals surface area contributed by atoms with Crippen molar-refractivity contribution in [3.05, 3.63) is 18.2 Å². The quantitative estimate of drug-likeness (QED) is 0.0653. The molecule has 0 aliphatic heterocycles. The van der Waals surface area contributed by atoms with Crippen LogP contribution >= 0.6 is 0 Å². The first-order chi connectivity index (χ1) is 20.2. The number of aromatic nitrogens is 2. The van der Waals surface area contributed by atoms with E-state index in [0.29, 0.717) is 12.0 Å². The molecule has 0 amide bonds. The third-order valence-electron chi connectivity index (χ3n) is 9.64. The number of hydrogen-bond acceptors (Lipinski definition) is 0. The summed E-state index contributed by atoms with van der Waals surface area (Å²) in [6, 6.07) is 0.620. The molecular weight excluding hydrogens is 496 g/mol. The van der Waals surface area contributed by atoms with Gasteiger partial charge in [0, 0.05) is 0 Å². The van der Waals surface area contributed by atoms with Crippen molar-refractivity contribution >= 4 is 0 Å². The van der Waals surface area contributed by atoms with Crippen LogP contribution in [-0.4, -0.2) is 4.98 Å². The molecule has 0 saturated heterocycles. The van der Waals surface area contributed by atoms with Crippen LogP contribution in [0.4, 0.5) is 0 Å². The normalized spacial score (nSPS) is 13.2. The maximum atomic E-state index is 3.74. The first-order valence-corrected chi connectivity index (χ1v) is 19.3. The van der Waals surface area contributed by atoms with Crippen molar-refractivity contribution in [3.8, 4) is 0 Å². The Bertz CT molecular complexity index is 635. The highest BCUT2D eigenvalue weighted by Gasteiger charge is 2.25. The Hall–Kier alpha value is -0.790. The second-order valence-electron chi connectivity index (χ2n) is 13.6. The molecule has 1 heterocycles. The molecule has 2 nitrogen and oxygen atoms in total. The smallest absolute Gasteiger partial charge is 0.247 e. The largest absolute Gasteiger partial charge is 0.257 e. The lowest BCUT2D eigenvalue weighted by Gasteiger charge is -2.17. The Kier molecular flexibility index (Phi) is 27.3. The molecule has 0 spiro atoms. The van der Waals surface area contributed by atoms with Gasteiger partial charge in [0.2, 0.25) is 0 Å². The van der Waals surface area contributed by atoms with E-state index >= 15 is 0 Å². The van der Waals surface area contributed by atoms with Gasteiger partial charge in [-0.1, -0.05) is 188 Å². The second kappa shape index (κ2) is 29.3. The number of hydrogen-bond donors (Lipinski definition) is 1. The molecule has 41 heavy (non-hydrogen) atoms. The SMILES string of the molecule is CCCCCCCCCCCCCCC(CCCCCCCCCCC)c1[nH]cc[n+]1C(C)CCCCCCCC. The van der Waals surface area contributed by atoms with Gasteiger partial charge in [0.15, 0.2) is 0 Å². The van der Waals surface area contributed by atoms with Crippen molar-refractivity contribution in [2.45, 2.75) is 232 Å². The molecule has 242 valence electrons. The van der Waals surface area contributed by atoms with Gasteiger partial charge in [0.05, 0.1) is 12.0 Å². The minimum absolute atomic E-state index is 0.620. The fourth-order valence-electron chi connectivity index (χ4n) is 6.78. The molecule has 1 aromatic heterocycles. The average molecular weight is 574 g/mol. The molecule has 2 atom stereocenters. The van der Waals surface area contributed by atoms with Crippen LogP contribution in [0.2, 0.25) is 0 Å². The van der Waals surface area contributed by atoms with Crippen LogP contribution in [0.5, 0.6) is 0 Å².